The predicted molar refractivity (Wildman–Crippen MR) is 99.1 cm³/mol. The molecule has 1 aromatic carbocycles. The Hall–Kier alpha value is -1.58. The molecular formula is C16H16ClN2O5S2-. The third-order valence-corrected chi connectivity index (χ3v) is 7.62. The lowest BCUT2D eigenvalue weighted by Gasteiger charge is -2.24. The zero-order valence-corrected chi connectivity index (χ0v) is 16.0. The van der Waals surface area contributed by atoms with Crippen molar-refractivity contribution < 1.29 is 23.1 Å². The number of nitrogens with zero attached hydrogens (tertiary/aromatic N) is 2. The number of carboxylic acids is 1. The minimum absolute atomic E-state index is 0.000129. The summed E-state index contributed by atoms with van der Waals surface area (Å²) in [5.74, 6) is -1.59. The molecule has 0 bridgehead atoms. The van der Waals surface area contributed by atoms with E-state index in [9.17, 15) is 23.1 Å². The molecule has 0 spiro atoms. The zero-order valence-electron chi connectivity index (χ0n) is 13.6. The summed E-state index contributed by atoms with van der Waals surface area (Å²) in [6, 6.07) is 6.61. The van der Waals surface area contributed by atoms with Gasteiger partial charge in [-0.3, -0.25) is 4.79 Å². The van der Waals surface area contributed by atoms with Crippen molar-refractivity contribution in [2.24, 2.45) is 4.99 Å². The molecule has 1 aromatic rings. The van der Waals surface area contributed by atoms with Gasteiger partial charge in [0.1, 0.15) is 0 Å². The lowest BCUT2D eigenvalue weighted by atomic mass is 10.2. The van der Waals surface area contributed by atoms with Crippen molar-refractivity contribution in [2.75, 3.05) is 16.4 Å². The number of anilines is 1. The van der Waals surface area contributed by atoms with Crippen LogP contribution in [0.1, 0.15) is 19.3 Å². The summed E-state index contributed by atoms with van der Waals surface area (Å²) in [7, 11) is -3.13. The summed E-state index contributed by atoms with van der Waals surface area (Å²) >= 11 is 7.19. The summed E-state index contributed by atoms with van der Waals surface area (Å²) < 4.78 is 24.0. The maximum atomic E-state index is 12.1. The van der Waals surface area contributed by atoms with Crippen LogP contribution < -0.4 is 10.0 Å². The van der Waals surface area contributed by atoms with E-state index in [4.69, 9.17) is 11.6 Å². The number of thioether (sulfide) groups is 1. The number of hydrogen-bond donors (Lipinski definition) is 0. The molecule has 0 aliphatic carbocycles. The van der Waals surface area contributed by atoms with E-state index in [1.165, 1.54) is 11.8 Å². The van der Waals surface area contributed by atoms with Crippen LogP contribution in [-0.4, -0.2) is 48.3 Å². The molecular weight excluding hydrogens is 400 g/mol. The fourth-order valence-electron chi connectivity index (χ4n) is 3.01. The standard InChI is InChI=1S/C16H17ClN2O5S2/c17-10-4-6-11(7-5-10)19-12-8-26(23,24)9-13(12)25-16(19)18-14(20)2-1-3-15(21)22/h4-7,12-13H,1-3,8-9H2,(H,21,22)/p-1/t12-,13+/m1/s1. The molecule has 2 heterocycles. The number of aliphatic imine (C=N–C) groups is 1. The van der Waals surface area contributed by atoms with E-state index >= 15 is 0 Å². The third kappa shape index (κ3) is 4.39. The van der Waals surface area contributed by atoms with Crippen molar-refractivity contribution in [3.05, 3.63) is 29.3 Å². The van der Waals surface area contributed by atoms with Crippen molar-refractivity contribution in [3.63, 3.8) is 0 Å². The molecule has 2 aliphatic heterocycles. The Labute approximate surface area is 160 Å². The van der Waals surface area contributed by atoms with Crippen LogP contribution in [0, 0.1) is 0 Å². The SMILES string of the molecule is O=C([O-])CCCC(=O)N=C1S[C@H]2CS(=O)(=O)C[C@H]2N1c1ccc(Cl)cc1. The van der Waals surface area contributed by atoms with Gasteiger partial charge in [-0.05, 0) is 37.1 Å². The number of fused-ring (bicyclic) bond motifs is 1. The van der Waals surface area contributed by atoms with Gasteiger partial charge in [-0.2, -0.15) is 4.99 Å². The molecule has 2 aliphatic rings. The van der Waals surface area contributed by atoms with Crippen molar-refractivity contribution in [3.8, 4) is 0 Å². The number of carbonyl (C=O) groups is 2. The zero-order chi connectivity index (χ0) is 18.9. The lowest BCUT2D eigenvalue weighted by molar-refractivity contribution is -0.305. The van der Waals surface area contributed by atoms with Crippen LogP contribution in [-0.2, 0) is 19.4 Å². The quantitative estimate of drug-likeness (QED) is 0.701. The van der Waals surface area contributed by atoms with E-state index in [-0.39, 0.29) is 42.1 Å². The van der Waals surface area contributed by atoms with Gasteiger partial charge in [0.25, 0.3) is 0 Å². The molecule has 7 nitrogen and oxygen atoms in total. The van der Waals surface area contributed by atoms with E-state index in [2.05, 4.69) is 4.99 Å². The highest BCUT2D eigenvalue weighted by Crippen LogP contribution is 2.41. The van der Waals surface area contributed by atoms with E-state index in [0.717, 1.165) is 0 Å². The highest BCUT2D eigenvalue weighted by atomic mass is 35.5. The molecule has 2 atom stereocenters. The van der Waals surface area contributed by atoms with Gasteiger partial charge in [-0.25, -0.2) is 8.42 Å². The first-order chi connectivity index (χ1) is 12.2. The molecule has 140 valence electrons. The maximum Gasteiger partial charge on any atom is 0.248 e. The predicted octanol–water partition coefficient (Wildman–Crippen LogP) is 0.862. The van der Waals surface area contributed by atoms with Crippen LogP contribution in [0.5, 0.6) is 0 Å². The molecule has 1 amide bonds. The average Bonchev–Trinajstić information content (AvgIpc) is 2.99. The van der Waals surface area contributed by atoms with Gasteiger partial charge in [-0.15, -0.1) is 0 Å². The molecule has 3 rings (SSSR count). The topological polar surface area (TPSA) is 107 Å². The number of aliphatic carboxylic acids is 1. The van der Waals surface area contributed by atoms with Crippen LogP contribution in [0.4, 0.5) is 5.69 Å². The second kappa shape index (κ2) is 7.58. The van der Waals surface area contributed by atoms with E-state index < -0.39 is 21.7 Å². The Morgan fingerprint density at radius 2 is 1.92 bits per heavy atom. The van der Waals surface area contributed by atoms with Crippen molar-refractivity contribution in [1.29, 1.82) is 0 Å². The fraction of sp³-hybridized carbons (Fsp3) is 0.438. The first-order valence-electron chi connectivity index (χ1n) is 7.98. The minimum Gasteiger partial charge on any atom is -0.550 e. The summed E-state index contributed by atoms with van der Waals surface area (Å²) in [6.07, 6.45) is -0.0426. The largest absolute Gasteiger partial charge is 0.550 e. The number of hydrogen-bond acceptors (Lipinski definition) is 6. The third-order valence-electron chi connectivity index (χ3n) is 4.16. The number of carboxylic acid groups (broad SMARTS) is 1. The van der Waals surface area contributed by atoms with Gasteiger partial charge in [0.15, 0.2) is 15.0 Å². The molecule has 2 fully saturated rings. The van der Waals surface area contributed by atoms with E-state index in [1.54, 1.807) is 29.2 Å². The number of halogens is 1. The molecule has 26 heavy (non-hydrogen) atoms. The Morgan fingerprint density at radius 3 is 2.58 bits per heavy atom. The van der Waals surface area contributed by atoms with Crippen molar-refractivity contribution >= 4 is 55.9 Å². The molecule has 0 saturated carbocycles. The Kier molecular flexibility index (Phi) is 5.59. The van der Waals surface area contributed by atoms with Gasteiger partial charge in [0.05, 0.1) is 17.5 Å². The monoisotopic (exact) mass is 415 g/mol. The van der Waals surface area contributed by atoms with Crippen LogP contribution in [0.15, 0.2) is 29.3 Å². The molecule has 0 unspecified atom stereocenters. The van der Waals surface area contributed by atoms with Crippen molar-refractivity contribution in [1.82, 2.24) is 0 Å². The number of amides is 1. The number of sulfone groups is 1. The number of carbonyl (C=O) groups excluding carboxylic acids is 2. The first kappa shape index (κ1) is 19.2. The lowest BCUT2D eigenvalue weighted by Crippen LogP contribution is -2.37. The van der Waals surface area contributed by atoms with E-state index in [1.807, 2.05) is 0 Å². The maximum absolute atomic E-state index is 12.1. The Balaban J connectivity index is 1.84. The molecule has 0 N–H and O–H groups in total. The molecule has 0 radical (unpaired) electrons. The van der Waals surface area contributed by atoms with Gasteiger partial charge < -0.3 is 14.8 Å². The van der Waals surface area contributed by atoms with Crippen LogP contribution in [0.3, 0.4) is 0 Å². The molecule has 2 saturated heterocycles. The summed E-state index contributed by atoms with van der Waals surface area (Å²) in [4.78, 5) is 28.4. The van der Waals surface area contributed by atoms with Gasteiger partial charge in [-0.1, -0.05) is 23.4 Å². The average molecular weight is 416 g/mol. The minimum atomic E-state index is -3.13. The normalized spacial score (nSPS) is 25.4. The van der Waals surface area contributed by atoms with Crippen LogP contribution in [0.2, 0.25) is 5.02 Å². The first-order valence-corrected chi connectivity index (χ1v) is 11.1. The summed E-state index contributed by atoms with van der Waals surface area (Å²) in [5.41, 5.74) is 0.716. The Morgan fingerprint density at radius 1 is 1.23 bits per heavy atom. The van der Waals surface area contributed by atoms with Crippen LogP contribution in [0.25, 0.3) is 0 Å². The van der Waals surface area contributed by atoms with Gasteiger partial charge >= 0.3 is 0 Å². The highest BCUT2D eigenvalue weighted by Gasteiger charge is 2.49. The second-order valence-electron chi connectivity index (χ2n) is 6.16. The van der Waals surface area contributed by atoms with Gasteiger partial charge in [0.2, 0.25) is 5.91 Å². The summed E-state index contributed by atoms with van der Waals surface area (Å²) in [6.45, 7) is 0. The fourth-order valence-corrected chi connectivity index (χ4v) is 7.07. The molecule has 0 aromatic heterocycles. The number of benzene rings is 1. The number of rotatable bonds is 5. The second-order valence-corrected chi connectivity index (χ2v) is 9.96. The smallest absolute Gasteiger partial charge is 0.248 e. The Bertz CT molecular complexity index is 854. The van der Waals surface area contributed by atoms with Crippen LogP contribution >= 0.6 is 23.4 Å². The highest BCUT2D eigenvalue weighted by molar-refractivity contribution is 8.16. The van der Waals surface area contributed by atoms with Gasteiger partial charge in [0, 0.05) is 28.4 Å². The van der Waals surface area contributed by atoms with E-state index in [0.29, 0.717) is 15.9 Å². The van der Waals surface area contributed by atoms with Crippen molar-refractivity contribution in [2.45, 2.75) is 30.6 Å². The summed E-state index contributed by atoms with van der Waals surface area (Å²) in [5, 5.41) is 11.2. The number of amidine groups is 1. The molecule has 10 heteroatoms.